The van der Waals surface area contributed by atoms with Gasteiger partial charge in [0.15, 0.2) is 18.2 Å². The second-order valence-electron chi connectivity index (χ2n) is 5.25. The van der Waals surface area contributed by atoms with Crippen LogP contribution in [0.3, 0.4) is 0 Å². The second-order valence-corrected chi connectivity index (χ2v) is 5.25. The van der Waals surface area contributed by atoms with Crippen LogP contribution in [0.2, 0.25) is 0 Å². The summed E-state index contributed by atoms with van der Waals surface area (Å²) in [5.41, 5.74) is -4.21. The summed E-state index contributed by atoms with van der Waals surface area (Å²) in [6.07, 6.45) is -12.1. The smallest absolute Gasteiger partial charge is 0.385 e. The third-order valence-electron chi connectivity index (χ3n) is 3.89. The highest BCUT2D eigenvalue weighted by Crippen LogP contribution is 2.50. The number of halogens is 6. The lowest BCUT2D eigenvalue weighted by Gasteiger charge is -2.13. The van der Waals surface area contributed by atoms with Crippen molar-refractivity contribution in [2.45, 2.75) is 24.6 Å². The molecule has 2 aromatic rings. The maximum absolute atomic E-state index is 14.3. The molecule has 1 aromatic heterocycles. The molecular formula is C15H8F6N2O. The van der Waals surface area contributed by atoms with Gasteiger partial charge in [-0.15, -0.1) is 0 Å². The van der Waals surface area contributed by atoms with E-state index in [9.17, 15) is 31.4 Å². The van der Waals surface area contributed by atoms with E-state index in [1.54, 1.807) is 0 Å². The van der Waals surface area contributed by atoms with Crippen LogP contribution in [0.1, 0.15) is 34.7 Å². The number of hydrogen-bond acceptors (Lipinski definition) is 2. The van der Waals surface area contributed by atoms with Crippen LogP contribution in [0.5, 0.6) is 0 Å². The van der Waals surface area contributed by atoms with Crippen molar-refractivity contribution in [3.05, 3.63) is 52.6 Å². The topological polar surface area (TPSA) is 49.0 Å². The van der Waals surface area contributed by atoms with Gasteiger partial charge in [0, 0.05) is 11.8 Å². The van der Waals surface area contributed by atoms with Crippen LogP contribution in [0.4, 0.5) is 26.3 Å². The van der Waals surface area contributed by atoms with Gasteiger partial charge in [-0.25, -0.2) is 13.2 Å². The number of nitriles is 1. The van der Waals surface area contributed by atoms with Gasteiger partial charge in [0.05, 0.1) is 22.5 Å². The Labute approximate surface area is 131 Å². The highest BCUT2D eigenvalue weighted by molar-refractivity contribution is 5.51. The van der Waals surface area contributed by atoms with Gasteiger partial charge in [0.1, 0.15) is 12.2 Å². The molecule has 0 saturated heterocycles. The molecule has 0 spiro atoms. The van der Waals surface area contributed by atoms with Crippen LogP contribution in [0.15, 0.2) is 24.4 Å². The van der Waals surface area contributed by atoms with Crippen LogP contribution in [-0.2, 0) is 6.18 Å². The van der Waals surface area contributed by atoms with Gasteiger partial charge in [0.2, 0.25) is 0 Å². The van der Waals surface area contributed by atoms with Gasteiger partial charge in [0.25, 0.3) is 0 Å². The molecule has 24 heavy (non-hydrogen) atoms. The molecule has 0 amide bonds. The van der Waals surface area contributed by atoms with Crippen LogP contribution in [0.25, 0.3) is 5.69 Å². The van der Waals surface area contributed by atoms with E-state index in [0.717, 1.165) is 12.1 Å². The summed E-state index contributed by atoms with van der Waals surface area (Å²) in [7, 11) is 0. The van der Waals surface area contributed by atoms with Gasteiger partial charge < -0.3 is 9.67 Å². The molecule has 0 saturated carbocycles. The monoisotopic (exact) mass is 346 g/mol. The Kier molecular flexibility index (Phi) is 3.60. The molecule has 3 nitrogen and oxygen atoms in total. The fraction of sp³-hybridized carbons (Fsp3) is 0.267. The molecule has 1 aromatic carbocycles. The predicted molar refractivity (Wildman–Crippen MR) is 69.1 cm³/mol. The first kappa shape index (κ1) is 16.4. The molecule has 1 aliphatic carbocycles. The Hall–Kier alpha value is -2.47. The maximum Gasteiger partial charge on any atom is 0.418 e. The van der Waals surface area contributed by atoms with Crippen LogP contribution < -0.4 is 0 Å². The van der Waals surface area contributed by atoms with Crippen molar-refractivity contribution < 1.29 is 31.4 Å². The Bertz CT molecular complexity index is 851. The number of benzene rings is 1. The maximum atomic E-state index is 14.3. The van der Waals surface area contributed by atoms with E-state index in [2.05, 4.69) is 0 Å². The van der Waals surface area contributed by atoms with E-state index in [1.165, 1.54) is 12.1 Å². The normalized spacial score (nSPS) is 23.2. The first-order valence-corrected chi connectivity index (χ1v) is 6.66. The predicted octanol–water partition coefficient (Wildman–Crippen LogP) is 3.90. The SMILES string of the molecule is N#Cc1cccc(-n2cc(C(F)(F)F)c3c2[C@@H](F)[C@H](F)[C@@H]3O)c1F. The number of aromatic nitrogens is 1. The van der Waals surface area contributed by atoms with Crippen molar-refractivity contribution in [1.29, 1.82) is 5.26 Å². The molecular weight excluding hydrogens is 338 g/mol. The number of aliphatic hydroxyl groups excluding tert-OH is 1. The largest absolute Gasteiger partial charge is 0.418 e. The molecule has 1 heterocycles. The van der Waals surface area contributed by atoms with Crippen LogP contribution in [-0.4, -0.2) is 15.8 Å². The van der Waals surface area contributed by atoms with Crippen molar-refractivity contribution in [3.8, 4) is 11.8 Å². The Morgan fingerprint density at radius 3 is 2.46 bits per heavy atom. The fourth-order valence-electron chi connectivity index (χ4n) is 2.82. The zero-order chi connectivity index (χ0) is 17.8. The zero-order valence-corrected chi connectivity index (χ0v) is 11.7. The van der Waals surface area contributed by atoms with Crippen LogP contribution >= 0.6 is 0 Å². The Balaban J connectivity index is 2.33. The molecule has 3 rings (SSSR count). The highest BCUT2D eigenvalue weighted by atomic mass is 19.4. The molecule has 0 fully saturated rings. The average Bonchev–Trinajstić information content (AvgIpc) is 3.01. The standard InChI is InChI=1S/C15H8F6N2O/c16-10-6(4-22)2-1-3-8(10)23-5-7(15(19,20)21)9-13(23)11(17)12(18)14(9)24/h1-3,5,11-12,14,24H/t11-,12-,14+/m0/s1. The molecule has 1 aliphatic rings. The molecule has 3 atom stereocenters. The molecule has 0 unspecified atom stereocenters. The lowest BCUT2D eigenvalue weighted by molar-refractivity contribution is -0.139. The van der Waals surface area contributed by atoms with Gasteiger partial charge in [-0.05, 0) is 12.1 Å². The molecule has 0 bridgehead atoms. The average molecular weight is 346 g/mol. The minimum Gasteiger partial charge on any atom is -0.385 e. The van der Waals surface area contributed by atoms with Crippen molar-refractivity contribution in [2.75, 3.05) is 0 Å². The van der Waals surface area contributed by atoms with Gasteiger partial charge >= 0.3 is 6.18 Å². The van der Waals surface area contributed by atoms with Gasteiger partial charge in [-0.1, -0.05) is 6.07 Å². The minimum absolute atomic E-state index is 0.395. The zero-order valence-electron chi connectivity index (χ0n) is 11.7. The van der Waals surface area contributed by atoms with Gasteiger partial charge in [-0.2, -0.15) is 18.4 Å². The van der Waals surface area contributed by atoms with E-state index in [0.29, 0.717) is 10.8 Å². The number of rotatable bonds is 1. The van der Waals surface area contributed by atoms with Crippen molar-refractivity contribution in [2.24, 2.45) is 0 Å². The summed E-state index contributed by atoms with van der Waals surface area (Å²) in [4.78, 5) is 0. The van der Waals surface area contributed by atoms with E-state index in [4.69, 9.17) is 5.26 Å². The number of hydrogen-bond donors (Lipinski definition) is 1. The lowest BCUT2D eigenvalue weighted by atomic mass is 10.1. The summed E-state index contributed by atoms with van der Waals surface area (Å²) < 4.78 is 81.9. The van der Waals surface area contributed by atoms with E-state index in [1.807, 2.05) is 0 Å². The number of nitrogens with zero attached hydrogens (tertiary/aromatic N) is 2. The summed E-state index contributed by atoms with van der Waals surface area (Å²) in [6, 6.07) is 4.83. The molecule has 9 heteroatoms. The third-order valence-corrected chi connectivity index (χ3v) is 3.89. The Morgan fingerprint density at radius 1 is 1.21 bits per heavy atom. The summed E-state index contributed by atoms with van der Waals surface area (Å²) >= 11 is 0. The second kappa shape index (κ2) is 5.27. The number of fused-ring (bicyclic) bond motifs is 1. The van der Waals surface area contributed by atoms with Crippen LogP contribution in [0, 0.1) is 17.1 Å². The van der Waals surface area contributed by atoms with Gasteiger partial charge in [-0.3, -0.25) is 0 Å². The Morgan fingerprint density at radius 2 is 1.88 bits per heavy atom. The third kappa shape index (κ3) is 2.17. The van der Waals surface area contributed by atoms with E-state index < -0.39 is 58.5 Å². The molecule has 126 valence electrons. The molecule has 1 N–H and O–H groups in total. The number of alkyl halides is 5. The highest BCUT2D eigenvalue weighted by Gasteiger charge is 2.50. The van der Waals surface area contributed by atoms with Crippen molar-refractivity contribution in [3.63, 3.8) is 0 Å². The van der Waals surface area contributed by atoms with E-state index in [-0.39, 0.29) is 0 Å². The quantitative estimate of drug-likeness (QED) is 0.796. The van der Waals surface area contributed by atoms with Crippen molar-refractivity contribution in [1.82, 2.24) is 4.57 Å². The summed E-state index contributed by atoms with van der Waals surface area (Å²) in [6.45, 7) is 0. The molecule has 0 radical (unpaired) electrons. The fourth-order valence-corrected chi connectivity index (χ4v) is 2.82. The first-order chi connectivity index (χ1) is 11.2. The summed E-state index contributed by atoms with van der Waals surface area (Å²) in [5, 5.41) is 18.4. The number of aliphatic hydroxyl groups is 1. The minimum atomic E-state index is -5.00. The van der Waals surface area contributed by atoms with E-state index >= 15 is 0 Å². The lowest BCUT2D eigenvalue weighted by Crippen LogP contribution is -2.15. The molecule has 0 aliphatic heterocycles. The first-order valence-electron chi connectivity index (χ1n) is 6.66. The van der Waals surface area contributed by atoms with Crippen molar-refractivity contribution >= 4 is 0 Å². The summed E-state index contributed by atoms with van der Waals surface area (Å²) in [5.74, 6) is -1.17.